The molecule has 5 aromatic rings. The number of nitrogens with zero attached hydrogens (tertiary/aromatic N) is 6. The number of aryl methyl sites for hydroxylation is 2. The molecule has 0 saturated carbocycles. The summed E-state index contributed by atoms with van der Waals surface area (Å²) in [6.07, 6.45) is 4.24. The molecular formula is C23H19F2N7S. The largest absolute Gasteiger partial charge is 0.363 e. The molecule has 7 nitrogen and oxygen atoms in total. The van der Waals surface area contributed by atoms with Gasteiger partial charge in [0.05, 0.1) is 23.2 Å². The van der Waals surface area contributed by atoms with E-state index in [-0.39, 0.29) is 12.5 Å². The number of alkyl halides is 2. The number of hydrogen-bond donors (Lipinski definition) is 1. The molecule has 7 rings (SSSR count). The number of thiophene rings is 1. The standard InChI is InChI=1S/C23H19F2N7S/c24-19(25)16-9-15(12-5-2-1-3-6-12)28-21-14(10-27-32(16)21)20-29-22-18-13-7-4-8-17(13)33-23(18)26-11-31(22)30-20/h1-3,5-6,10-11,15-16,19,28H,4,7-9H2/t15-,16+/m1/s1. The van der Waals surface area contributed by atoms with Gasteiger partial charge in [-0.3, -0.25) is 0 Å². The number of anilines is 1. The van der Waals surface area contributed by atoms with Gasteiger partial charge in [-0.2, -0.15) is 5.10 Å². The Bertz CT molecular complexity index is 1500. The molecule has 2 aliphatic rings. The van der Waals surface area contributed by atoms with Crippen molar-refractivity contribution in [1.29, 1.82) is 0 Å². The van der Waals surface area contributed by atoms with Crippen LogP contribution < -0.4 is 5.32 Å². The first-order chi connectivity index (χ1) is 16.2. The molecule has 33 heavy (non-hydrogen) atoms. The predicted octanol–water partition coefficient (Wildman–Crippen LogP) is 5.05. The molecule has 1 N–H and O–H groups in total. The van der Waals surface area contributed by atoms with Gasteiger partial charge in [-0.1, -0.05) is 30.3 Å². The molecule has 0 bridgehead atoms. The predicted molar refractivity (Wildman–Crippen MR) is 122 cm³/mol. The Labute approximate surface area is 191 Å². The van der Waals surface area contributed by atoms with Gasteiger partial charge in [0.15, 0.2) is 11.5 Å². The summed E-state index contributed by atoms with van der Waals surface area (Å²) in [5.41, 5.74) is 3.66. The Balaban J connectivity index is 1.37. The molecule has 10 heteroatoms. The molecular weight excluding hydrogens is 444 g/mol. The zero-order valence-electron chi connectivity index (χ0n) is 17.4. The zero-order chi connectivity index (χ0) is 22.1. The van der Waals surface area contributed by atoms with Crippen LogP contribution in [0, 0.1) is 0 Å². The van der Waals surface area contributed by atoms with Gasteiger partial charge in [-0.15, -0.1) is 16.4 Å². The summed E-state index contributed by atoms with van der Waals surface area (Å²) in [5, 5.41) is 13.5. The quantitative estimate of drug-likeness (QED) is 0.405. The van der Waals surface area contributed by atoms with Gasteiger partial charge in [-0.25, -0.2) is 27.9 Å². The van der Waals surface area contributed by atoms with Gasteiger partial charge in [0.1, 0.15) is 23.0 Å². The SMILES string of the molecule is FC(F)[C@@H]1C[C@H](c2ccccc2)Nc2c(-c3nc4c5c6c(sc5ncn4n3)CCC6)cnn21. The second kappa shape index (κ2) is 7.05. The minimum atomic E-state index is -2.53. The molecule has 0 unspecified atom stereocenters. The summed E-state index contributed by atoms with van der Waals surface area (Å²) < 4.78 is 31.1. The minimum Gasteiger partial charge on any atom is -0.363 e. The van der Waals surface area contributed by atoms with Crippen LogP contribution in [0.5, 0.6) is 0 Å². The Hall–Kier alpha value is -3.40. The normalized spacial score (nSPS) is 19.8. The maximum absolute atomic E-state index is 14.0. The van der Waals surface area contributed by atoms with Crippen LogP contribution in [0.4, 0.5) is 14.6 Å². The number of halogens is 2. The van der Waals surface area contributed by atoms with Crippen molar-refractivity contribution in [1.82, 2.24) is 29.4 Å². The summed E-state index contributed by atoms with van der Waals surface area (Å²) in [6, 6.07) is 8.39. The number of nitrogens with one attached hydrogen (secondary N) is 1. The molecule has 0 radical (unpaired) electrons. The average Bonchev–Trinajstić information content (AvgIpc) is 3.59. The van der Waals surface area contributed by atoms with E-state index in [0.717, 1.165) is 40.7 Å². The van der Waals surface area contributed by atoms with E-state index in [1.807, 2.05) is 30.3 Å². The first kappa shape index (κ1) is 19.1. The fraction of sp³-hybridized carbons (Fsp3) is 0.304. The third-order valence-electron chi connectivity index (χ3n) is 6.67. The summed E-state index contributed by atoms with van der Waals surface area (Å²) >= 11 is 1.73. The lowest BCUT2D eigenvalue weighted by atomic mass is 9.97. The van der Waals surface area contributed by atoms with E-state index in [9.17, 15) is 8.78 Å². The van der Waals surface area contributed by atoms with Crippen LogP contribution in [0.3, 0.4) is 0 Å². The van der Waals surface area contributed by atoms with Crippen LogP contribution >= 0.6 is 11.3 Å². The molecule has 0 spiro atoms. The Morgan fingerprint density at radius 3 is 2.88 bits per heavy atom. The topological polar surface area (TPSA) is 72.9 Å². The highest BCUT2D eigenvalue weighted by Gasteiger charge is 2.36. The third-order valence-corrected chi connectivity index (χ3v) is 7.87. The molecule has 2 atom stereocenters. The molecule has 0 saturated heterocycles. The lowest BCUT2D eigenvalue weighted by molar-refractivity contribution is 0.0659. The average molecular weight is 464 g/mol. The third kappa shape index (κ3) is 2.83. The maximum Gasteiger partial charge on any atom is 0.260 e. The van der Waals surface area contributed by atoms with Gasteiger partial charge < -0.3 is 5.32 Å². The van der Waals surface area contributed by atoms with Crippen LogP contribution in [0.25, 0.3) is 27.3 Å². The first-order valence-electron chi connectivity index (χ1n) is 11.0. The zero-order valence-corrected chi connectivity index (χ0v) is 18.3. The smallest absolute Gasteiger partial charge is 0.260 e. The molecule has 1 aromatic carbocycles. The van der Waals surface area contributed by atoms with Crippen LogP contribution in [0.15, 0.2) is 42.9 Å². The number of benzene rings is 1. The second-order valence-corrected chi connectivity index (χ2v) is 9.67. The van der Waals surface area contributed by atoms with E-state index < -0.39 is 12.5 Å². The van der Waals surface area contributed by atoms with Crippen molar-refractivity contribution in [2.24, 2.45) is 0 Å². The summed E-state index contributed by atoms with van der Waals surface area (Å²) in [4.78, 5) is 11.8. The fourth-order valence-corrected chi connectivity index (χ4v) is 6.33. The molecule has 4 aromatic heterocycles. The number of hydrogen-bond acceptors (Lipinski definition) is 6. The van der Waals surface area contributed by atoms with Crippen LogP contribution in [0.1, 0.15) is 40.9 Å². The van der Waals surface area contributed by atoms with Crippen molar-refractivity contribution in [3.63, 3.8) is 0 Å². The summed E-state index contributed by atoms with van der Waals surface area (Å²) in [7, 11) is 0. The van der Waals surface area contributed by atoms with Crippen molar-refractivity contribution in [3.05, 3.63) is 58.9 Å². The first-order valence-corrected chi connectivity index (χ1v) is 11.8. The van der Waals surface area contributed by atoms with Crippen LogP contribution in [-0.2, 0) is 12.8 Å². The van der Waals surface area contributed by atoms with Gasteiger partial charge in [0, 0.05) is 4.88 Å². The van der Waals surface area contributed by atoms with Crippen LogP contribution in [0.2, 0.25) is 0 Å². The maximum atomic E-state index is 14.0. The molecule has 1 aliphatic carbocycles. The Morgan fingerprint density at radius 1 is 1.15 bits per heavy atom. The van der Waals surface area contributed by atoms with E-state index in [1.165, 1.54) is 15.1 Å². The molecule has 166 valence electrons. The number of rotatable bonds is 3. The van der Waals surface area contributed by atoms with Gasteiger partial charge in [0.2, 0.25) is 0 Å². The second-order valence-electron chi connectivity index (χ2n) is 8.58. The van der Waals surface area contributed by atoms with E-state index >= 15 is 0 Å². The monoisotopic (exact) mass is 463 g/mol. The van der Waals surface area contributed by atoms with E-state index in [0.29, 0.717) is 17.2 Å². The van der Waals surface area contributed by atoms with Crippen molar-refractivity contribution < 1.29 is 8.78 Å². The van der Waals surface area contributed by atoms with Gasteiger partial charge >= 0.3 is 0 Å². The summed E-state index contributed by atoms with van der Waals surface area (Å²) in [6.45, 7) is 0. The fourth-order valence-electron chi connectivity index (χ4n) is 5.11. The number of fused-ring (bicyclic) bond motifs is 6. The Morgan fingerprint density at radius 2 is 2.03 bits per heavy atom. The van der Waals surface area contributed by atoms with Crippen LogP contribution in [-0.4, -0.2) is 35.8 Å². The highest BCUT2D eigenvalue weighted by atomic mass is 32.1. The highest BCUT2D eigenvalue weighted by molar-refractivity contribution is 7.19. The number of aromatic nitrogens is 6. The van der Waals surface area contributed by atoms with Crippen molar-refractivity contribution >= 4 is 33.0 Å². The van der Waals surface area contributed by atoms with E-state index in [4.69, 9.17) is 4.98 Å². The lowest BCUT2D eigenvalue weighted by Crippen LogP contribution is -2.31. The van der Waals surface area contributed by atoms with E-state index in [1.54, 1.807) is 28.4 Å². The molecule has 0 amide bonds. The van der Waals surface area contributed by atoms with Gasteiger partial charge in [-0.05, 0) is 36.8 Å². The van der Waals surface area contributed by atoms with Crippen molar-refractivity contribution in [2.75, 3.05) is 5.32 Å². The van der Waals surface area contributed by atoms with Gasteiger partial charge in [0.25, 0.3) is 6.43 Å². The van der Waals surface area contributed by atoms with E-state index in [2.05, 4.69) is 20.5 Å². The summed E-state index contributed by atoms with van der Waals surface area (Å²) in [5.74, 6) is 0.980. The minimum absolute atomic E-state index is 0.250. The Kier molecular flexibility index (Phi) is 4.08. The molecule has 1 aliphatic heterocycles. The highest BCUT2D eigenvalue weighted by Crippen LogP contribution is 2.42. The molecule has 0 fully saturated rings. The molecule has 5 heterocycles. The lowest BCUT2D eigenvalue weighted by Gasteiger charge is -2.32. The van der Waals surface area contributed by atoms with Crippen molar-refractivity contribution in [3.8, 4) is 11.4 Å². The van der Waals surface area contributed by atoms with Crippen molar-refractivity contribution in [2.45, 2.75) is 44.2 Å².